The summed E-state index contributed by atoms with van der Waals surface area (Å²) in [5, 5.41) is 15.0. The molecule has 1 fully saturated rings. The normalized spacial score (nSPS) is 16.3. The molecular formula is C17H28N8O3S. The highest BCUT2D eigenvalue weighted by Gasteiger charge is 2.28. The lowest BCUT2D eigenvalue weighted by Crippen LogP contribution is -2.54. The van der Waals surface area contributed by atoms with E-state index < -0.39 is 10.0 Å². The van der Waals surface area contributed by atoms with Crippen LogP contribution in [0.2, 0.25) is 0 Å². The summed E-state index contributed by atoms with van der Waals surface area (Å²) in [5.41, 5.74) is 0.419. The molecule has 3 rings (SSSR count). The van der Waals surface area contributed by atoms with E-state index in [1.807, 2.05) is 18.4 Å². The number of aliphatic imine (C=N–C) groups is 1. The fraction of sp³-hybridized carbons (Fsp3) is 0.647. The predicted octanol–water partition coefficient (Wildman–Crippen LogP) is -0.0584. The fourth-order valence-corrected chi connectivity index (χ4v) is 4.62. The summed E-state index contributed by atoms with van der Waals surface area (Å²) in [6.45, 7) is 8.10. The van der Waals surface area contributed by atoms with Crippen LogP contribution in [0.1, 0.15) is 25.4 Å². The zero-order valence-corrected chi connectivity index (χ0v) is 17.7. The summed E-state index contributed by atoms with van der Waals surface area (Å²) in [5.74, 6) is 1.60. The van der Waals surface area contributed by atoms with Gasteiger partial charge in [0.1, 0.15) is 24.2 Å². The highest BCUT2D eigenvalue weighted by Crippen LogP contribution is 2.13. The Kier molecular flexibility index (Phi) is 7.20. The number of aromatic nitrogens is 4. The van der Waals surface area contributed by atoms with Gasteiger partial charge in [0.25, 0.3) is 0 Å². The van der Waals surface area contributed by atoms with Crippen molar-refractivity contribution in [2.24, 2.45) is 4.99 Å². The maximum atomic E-state index is 12.6. The molecule has 160 valence electrons. The molecule has 0 amide bonds. The van der Waals surface area contributed by atoms with Crippen LogP contribution in [0.3, 0.4) is 0 Å². The molecule has 0 atom stereocenters. The third-order valence-corrected chi connectivity index (χ3v) is 6.51. The van der Waals surface area contributed by atoms with Crippen LogP contribution in [-0.4, -0.2) is 82.8 Å². The first-order chi connectivity index (χ1) is 14.0. The Hall–Kier alpha value is -2.47. The highest BCUT2D eigenvalue weighted by molar-refractivity contribution is 7.88. The predicted molar refractivity (Wildman–Crippen MR) is 108 cm³/mol. The van der Waals surface area contributed by atoms with Gasteiger partial charge in [0.05, 0.1) is 12.2 Å². The molecule has 0 spiro atoms. The van der Waals surface area contributed by atoms with Crippen molar-refractivity contribution in [2.45, 2.75) is 32.6 Å². The fourth-order valence-electron chi connectivity index (χ4n) is 3.20. The highest BCUT2D eigenvalue weighted by atomic mass is 32.2. The second kappa shape index (κ2) is 9.83. The first-order valence-corrected chi connectivity index (χ1v) is 11.4. The van der Waals surface area contributed by atoms with Crippen LogP contribution in [0.5, 0.6) is 0 Å². The van der Waals surface area contributed by atoms with Gasteiger partial charge in [-0.15, -0.1) is 10.2 Å². The third-order valence-electron chi connectivity index (χ3n) is 4.70. The van der Waals surface area contributed by atoms with Crippen LogP contribution >= 0.6 is 0 Å². The van der Waals surface area contributed by atoms with Gasteiger partial charge in [-0.2, -0.15) is 4.31 Å². The number of piperazine rings is 1. The van der Waals surface area contributed by atoms with Gasteiger partial charge < -0.3 is 19.3 Å². The molecule has 0 radical (unpaired) electrons. The Balaban J connectivity index is 1.56. The lowest BCUT2D eigenvalue weighted by molar-refractivity contribution is 0.259. The van der Waals surface area contributed by atoms with Gasteiger partial charge in [0.2, 0.25) is 10.0 Å². The van der Waals surface area contributed by atoms with Crippen molar-refractivity contribution in [3.63, 3.8) is 0 Å². The van der Waals surface area contributed by atoms with Crippen molar-refractivity contribution < 1.29 is 12.9 Å². The van der Waals surface area contributed by atoms with Crippen LogP contribution in [0.25, 0.3) is 0 Å². The molecule has 0 bridgehead atoms. The molecule has 12 heteroatoms. The van der Waals surface area contributed by atoms with Gasteiger partial charge in [0, 0.05) is 51.8 Å². The molecule has 0 unspecified atom stereocenters. The van der Waals surface area contributed by atoms with E-state index in [1.54, 1.807) is 12.4 Å². The summed E-state index contributed by atoms with van der Waals surface area (Å²) < 4.78 is 33.4. The summed E-state index contributed by atoms with van der Waals surface area (Å²) in [6, 6.07) is 1.57. The lowest BCUT2D eigenvalue weighted by atomic mass is 10.4. The Morgan fingerprint density at radius 1 is 1.28 bits per heavy atom. The number of nitrogens with zero attached hydrogens (tertiary/aromatic N) is 7. The quantitative estimate of drug-likeness (QED) is 0.462. The Morgan fingerprint density at radius 3 is 2.72 bits per heavy atom. The van der Waals surface area contributed by atoms with E-state index in [0.717, 1.165) is 24.7 Å². The standard InChI is InChI=1S/C17H28N8O3S/c1-3-16-21-20-14-24(16)7-6-19-17(18-4-2)23-8-10-25(11-9-23)29(26,27)13-15-5-12-28-22-15/h5,12,14H,3-4,6-11,13H2,1-2H3,(H,18,19). The van der Waals surface area contributed by atoms with Gasteiger partial charge >= 0.3 is 0 Å². The number of sulfonamides is 1. The van der Waals surface area contributed by atoms with Gasteiger partial charge in [-0.25, -0.2) is 8.42 Å². The summed E-state index contributed by atoms with van der Waals surface area (Å²) in [4.78, 5) is 6.80. The third kappa shape index (κ3) is 5.54. The second-order valence-corrected chi connectivity index (χ2v) is 8.63. The van der Waals surface area contributed by atoms with Crippen LogP contribution in [-0.2, 0) is 28.7 Å². The van der Waals surface area contributed by atoms with Gasteiger partial charge in [-0.05, 0) is 6.92 Å². The molecular weight excluding hydrogens is 396 g/mol. The van der Waals surface area contributed by atoms with Crippen LogP contribution in [0.4, 0.5) is 0 Å². The monoisotopic (exact) mass is 424 g/mol. The summed E-state index contributed by atoms with van der Waals surface area (Å²) >= 11 is 0. The van der Waals surface area contributed by atoms with E-state index in [2.05, 4.69) is 25.6 Å². The number of hydrogen-bond acceptors (Lipinski definition) is 7. The first kappa shape index (κ1) is 21.2. The van der Waals surface area contributed by atoms with Crippen molar-refractivity contribution in [1.82, 2.24) is 34.4 Å². The van der Waals surface area contributed by atoms with E-state index in [-0.39, 0.29) is 5.75 Å². The maximum Gasteiger partial charge on any atom is 0.220 e. The topological polar surface area (TPSA) is 122 Å². The number of rotatable bonds is 8. The molecule has 1 N–H and O–H groups in total. The average Bonchev–Trinajstić information content (AvgIpc) is 3.39. The number of hydrogen-bond donors (Lipinski definition) is 1. The average molecular weight is 425 g/mol. The van der Waals surface area contributed by atoms with E-state index in [0.29, 0.717) is 45.0 Å². The van der Waals surface area contributed by atoms with Crippen molar-refractivity contribution in [3.05, 3.63) is 30.2 Å². The minimum absolute atomic E-state index is 0.143. The molecule has 1 aliphatic heterocycles. The molecule has 11 nitrogen and oxygen atoms in total. The smallest absolute Gasteiger partial charge is 0.220 e. The minimum Gasteiger partial charge on any atom is -0.364 e. The first-order valence-electron chi connectivity index (χ1n) is 9.80. The molecule has 29 heavy (non-hydrogen) atoms. The van der Waals surface area contributed by atoms with E-state index in [4.69, 9.17) is 9.52 Å². The Labute approximate surface area is 170 Å². The zero-order valence-electron chi connectivity index (χ0n) is 16.9. The van der Waals surface area contributed by atoms with E-state index in [1.165, 1.54) is 10.6 Å². The van der Waals surface area contributed by atoms with Gasteiger partial charge in [-0.1, -0.05) is 12.1 Å². The maximum absolute atomic E-state index is 12.6. The zero-order chi connectivity index (χ0) is 20.7. The number of nitrogens with one attached hydrogen (secondary N) is 1. The SMILES string of the molecule is CCNC(=NCCn1cnnc1CC)N1CCN(S(=O)(=O)Cc2ccon2)CC1. The number of aryl methyl sites for hydroxylation is 1. The Morgan fingerprint density at radius 2 is 2.07 bits per heavy atom. The second-order valence-electron chi connectivity index (χ2n) is 6.66. The summed E-state index contributed by atoms with van der Waals surface area (Å²) in [6.07, 6.45) is 3.93. The number of guanidine groups is 1. The molecule has 1 aliphatic rings. The van der Waals surface area contributed by atoms with Gasteiger partial charge in [-0.3, -0.25) is 4.99 Å². The molecule has 2 aromatic heterocycles. The van der Waals surface area contributed by atoms with Crippen molar-refractivity contribution in [3.8, 4) is 0 Å². The molecule has 1 saturated heterocycles. The molecule has 3 heterocycles. The van der Waals surface area contributed by atoms with E-state index in [9.17, 15) is 8.42 Å². The van der Waals surface area contributed by atoms with Crippen molar-refractivity contribution in [2.75, 3.05) is 39.3 Å². The van der Waals surface area contributed by atoms with E-state index >= 15 is 0 Å². The molecule has 0 aromatic carbocycles. The van der Waals surface area contributed by atoms with Crippen molar-refractivity contribution >= 4 is 16.0 Å². The van der Waals surface area contributed by atoms with Crippen molar-refractivity contribution in [1.29, 1.82) is 0 Å². The minimum atomic E-state index is -3.42. The lowest BCUT2D eigenvalue weighted by Gasteiger charge is -2.35. The largest absolute Gasteiger partial charge is 0.364 e. The van der Waals surface area contributed by atoms with Crippen LogP contribution < -0.4 is 5.32 Å². The van der Waals surface area contributed by atoms with Crippen LogP contribution in [0.15, 0.2) is 28.2 Å². The molecule has 2 aromatic rings. The Bertz CT molecular complexity index is 886. The summed E-state index contributed by atoms with van der Waals surface area (Å²) in [7, 11) is -3.42. The molecule has 0 aliphatic carbocycles. The van der Waals surface area contributed by atoms with Gasteiger partial charge in [0.15, 0.2) is 5.96 Å². The van der Waals surface area contributed by atoms with Crippen LogP contribution in [0, 0.1) is 0 Å². The molecule has 0 saturated carbocycles.